The number of benzene rings is 2. The Kier molecular flexibility index (Phi) is 2.75. The summed E-state index contributed by atoms with van der Waals surface area (Å²) in [5.41, 5.74) is 6.13. The average Bonchev–Trinajstić information content (AvgIpc) is 2.84. The van der Waals surface area contributed by atoms with Crippen LogP contribution in [0.25, 0.3) is 11.0 Å². The first-order chi connectivity index (χ1) is 8.93. The molecule has 0 aliphatic heterocycles. The van der Waals surface area contributed by atoms with E-state index >= 15 is 0 Å². The topological polar surface area (TPSA) is 44.1 Å². The van der Waals surface area contributed by atoms with Crippen LogP contribution in [0.4, 0.5) is 5.69 Å². The second-order valence-corrected chi connectivity index (χ2v) is 3.92. The van der Waals surface area contributed by atoms with Crippen molar-refractivity contribution in [1.29, 1.82) is 0 Å². The Morgan fingerprint density at radius 1 is 1.00 bits per heavy atom. The molecule has 0 saturated heterocycles. The number of rotatable bonds is 3. The summed E-state index contributed by atoms with van der Waals surface area (Å²) in [6, 6.07) is 17.9. The van der Waals surface area contributed by atoms with Gasteiger partial charge in [0.05, 0.1) is 5.69 Å². The van der Waals surface area contributed by atoms with E-state index in [0.29, 0.717) is 0 Å². The molecule has 88 valence electrons. The van der Waals surface area contributed by atoms with Crippen LogP contribution in [0, 0.1) is 0 Å². The molecule has 2 aromatic carbocycles. The number of imidazole rings is 1. The number of anilines is 1. The lowest BCUT2D eigenvalue weighted by molar-refractivity contribution is -0.515. The largest absolute Gasteiger partial charge is 0.276 e. The van der Waals surface area contributed by atoms with E-state index in [1.54, 1.807) is 6.34 Å². The lowest BCUT2D eigenvalue weighted by atomic mass is 10.3. The van der Waals surface area contributed by atoms with Crippen LogP contribution in [-0.2, 0) is 0 Å². The maximum absolute atomic E-state index is 4.20. The van der Waals surface area contributed by atoms with Gasteiger partial charge in [-0.3, -0.25) is 4.98 Å². The number of para-hydroxylation sites is 3. The highest BCUT2D eigenvalue weighted by molar-refractivity contribution is 5.73. The SMILES string of the molecule is C(=N\Nc1ccccc1)/[n+]1c[nH]c2ccccc21. The molecule has 1 aromatic heterocycles. The van der Waals surface area contributed by atoms with Gasteiger partial charge in [-0.05, 0) is 29.4 Å². The fourth-order valence-electron chi connectivity index (χ4n) is 1.80. The summed E-state index contributed by atoms with van der Waals surface area (Å²) < 4.78 is 1.94. The van der Waals surface area contributed by atoms with Crippen molar-refractivity contribution in [3.8, 4) is 0 Å². The van der Waals surface area contributed by atoms with Crippen molar-refractivity contribution in [2.75, 3.05) is 5.43 Å². The fourth-order valence-corrected chi connectivity index (χ4v) is 1.80. The van der Waals surface area contributed by atoms with Gasteiger partial charge in [-0.2, -0.15) is 0 Å². The van der Waals surface area contributed by atoms with E-state index in [0.717, 1.165) is 16.7 Å². The minimum atomic E-state index is 0.967. The van der Waals surface area contributed by atoms with Crippen LogP contribution >= 0.6 is 0 Å². The first kappa shape index (κ1) is 10.5. The normalized spacial score (nSPS) is 11.1. The molecule has 0 aliphatic carbocycles. The van der Waals surface area contributed by atoms with E-state index in [2.05, 4.69) is 15.5 Å². The van der Waals surface area contributed by atoms with Gasteiger partial charge in [0.1, 0.15) is 11.0 Å². The number of aromatic nitrogens is 2. The number of hydrazone groups is 1. The van der Waals surface area contributed by atoms with Gasteiger partial charge in [0.25, 0.3) is 6.34 Å². The standard InChI is InChI=1S/C14H12N4/c1-2-6-12(7-3-1)17-16-11-18-10-15-13-8-4-5-9-14(13)18/h1-11,17H/p+1/b16-11+. The zero-order valence-corrected chi connectivity index (χ0v) is 9.75. The van der Waals surface area contributed by atoms with Crippen LogP contribution in [0.2, 0.25) is 0 Å². The number of nitrogens with zero attached hydrogens (tertiary/aromatic N) is 2. The minimum absolute atomic E-state index is 0.967. The third-order valence-corrected chi connectivity index (χ3v) is 2.69. The lowest BCUT2D eigenvalue weighted by Gasteiger charge is -1.93. The first-order valence-electron chi connectivity index (χ1n) is 5.75. The summed E-state index contributed by atoms with van der Waals surface area (Å²) in [6.45, 7) is 0. The smallest absolute Gasteiger partial charge is 0.254 e. The highest BCUT2D eigenvalue weighted by Gasteiger charge is 2.03. The molecule has 3 rings (SSSR count). The number of hydrogen-bond donors (Lipinski definition) is 2. The zero-order valence-electron chi connectivity index (χ0n) is 9.75. The van der Waals surface area contributed by atoms with Gasteiger partial charge >= 0.3 is 0 Å². The van der Waals surface area contributed by atoms with Crippen LogP contribution in [0.3, 0.4) is 0 Å². The summed E-state index contributed by atoms with van der Waals surface area (Å²) in [4.78, 5) is 3.18. The number of aromatic amines is 1. The molecule has 0 spiro atoms. The molecule has 4 nitrogen and oxygen atoms in total. The van der Waals surface area contributed by atoms with Crippen molar-refractivity contribution in [3.05, 3.63) is 60.9 Å². The number of H-pyrrole nitrogens is 1. The highest BCUT2D eigenvalue weighted by atomic mass is 15.3. The predicted octanol–water partition coefficient (Wildman–Crippen LogP) is 2.36. The van der Waals surface area contributed by atoms with Crippen molar-refractivity contribution in [2.24, 2.45) is 5.10 Å². The molecule has 0 amide bonds. The van der Waals surface area contributed by atoms with E-state index in [1.165, 1.54) is 0 Å². The lowest BCUT2D eigenvalue weighted by Crippen LogP contribution is -2.31. The summed E-state index contributed by atoms with van der Waals surface area (Å²) in [7, 11) is 0. The second kappa shape index (κ2) is 4.71. The van der Waals surface area contributed by atoms with E-state index < -0.39 is 0 Å². The Bertz CT molecular complexity index is 670. The highest BCUT2D eigenvalue weighted by Crippen LogP contribution is 2.05. The molecule has 2 N–H and O–H groups in total. The van der Waals surface area contributed by atoms with E-state index in [9.17, 15) is 0 Å². The quantitative estimate of drug-likeness (QED) is 0.312. The Morgan fingerprint density at radius 2 is 1.78 bits per heavy atom. The Hall–Kier alpha value is -2.62. The van der Waals surface area contributed by atoms with Gasteiger partial charge in [-0.25, -0.2) is 9.99 Å². The molecule has 0 aliphatic rings. The van der Waals surface area contributed by atoms with Crippen LogP contribution in [0.1, 0.15) is 0 Å². The molecule has 0 unspecified atom stereocenters. The Morgan fingerprint density at radius 3 is 2.67 bits per heavy atom. The molecule has 1 heterocycles. The molecule has 18 heavy (non-hydrogen) atoms. The zero-order chi connectivity index (χ0) is 12.2. The van der Waals surface area contributed by atoms with Crippen molar-refractivity contribution < 1.29 is 4.57 Å². The molecule has 3 aromatic rings. The monoisotopic (exact) mass is 237 g/mol. The van der Waals surface area contributed by atoms with Gasteiger partial charge in [0.15, 0.2) is 6.33 Å². The van der Waals surface area contributed by atoms with Crippen molar-refractivity contribution in [2.45, 2.75) is 0 Å². The molecule has 0 saturated carbocycles. The van der Waals surface area contributed by atoms with Gasteiger partial charge in [-0.1, -0.05) is 30.3 Å². The van der Waals surface area contributed by atoms with Crippen LogP contribution in [0.5, 0.6) is 0 Å². The number of hydrogen-bond acceptors (Lipinski definition) is 2. The predicted molar refractivity (Wildman–Crippen MR) is 72.4 cm³/mol. The van der Waals surface area contributed by atoms with Gasteiger partial charge in [-0.15, -0.1) is 0 Å². The van der Waals surface area contributed by atoms with E-state index in [1.807, 2.05) is 65.5 Å². The third kappa shape index (κ3) is 2.08. The molecule has 4 heteroatoms. The summed E-state index contributed by atoms with van der Waals surface area (Å²) in [6.07, 6.45) is 3.62. The van der Waals surface area contributed by atoms with Crippen LogP contribution < -0.4 is 9.99 Å². The molecule has 0 bridgehead atoms. The number of nitrogens with one attached hydrogen (secondary N) is 2. The Labute approximate surface area is 105 Å². The fraction of sp³-hybridized carbons (Fsp3) is 0. The molecular weight excluding hydrogens is 224 g/mol. The third-order valence-electron chi connectivity index (χ3n) is 2.69. The van der Waals surface area contributed by atoms with E-state index in [-0.39, 0.29) is 0 Å². The molecule has 0 fully saturated rings. The average molecular weight is 237 g/mol. The van der Waals surface area contributed by atoms with Crippen LogP contribution in [0.15, 0.2) is 66.0 Å². The second-order valence-electron chi connectivity index (χ2n) is 3.92. The summed E-state index contributed by atoms with van der Waals surface area (Å²) >= 11 is 0. The van der Waals surface area contributed by atoms with Crippen molar-refractivity contribution in [3.63, 3.8) is 0 Å². The van der Waals surface area contributed by atoms with E-state index in [4.69, 9.17) is 0 Å². The maximum atomic E-state index is 4.20. The van der Waals surface area contributed by atoms with Crippen LogP contribution in [-0.4, -0.2) is 11.3 Å². The van der Waals surface area contributed by atoms with Gasteiger partial charge < -0.3 is 0 Å². The maximum Gasteiger partial charge on any atom is 0.254 e. The Balaban J connectivity index is 1.80. The number of fused-ring (bicyclic) bond motifs is 1. The first-order valence-corrected chi connectivity index (χ1v) is 5.75. The summed E-state index contributed by atoms with van der Waals surface area (Å²) in [5, 5.41) is 4.20. The van der Waals surface area contributed by atoms with Crippen molar-refractivity contribution in [1.82, 2.24) is 4.98 Å². The van der Waals surface area contributed by atoms with Gasteiger partial charge in [0, 0.05) is 0 Å². The van der Waals surface area contributed by atoms with Crippen molar-refractivity contribution >= 4 is 23.1 Å². The van der Waals surface area contributed by atoms with Gasteiger partial charge in [0.2, 0.25) is 0 Å². The molecule has 0 atom stereocenters. The molecular formula is C14H13N4+. The molecule has 0 radical (unpaired) electrons. The summed E-state index contributed by atoms with van der Waals surface area (Å²) in [5.74, 6) is 0. The minimum Gasteiger partial charge on any atom is -0.276 e.